The van der Waals surface area contributed by atoms with E-state index in [4.69, 9.17) is 5.53 Å². The molecule has 0 amide bonds. The summed E-state index contributed by atoms with van der Waals surface area (Å²) in [7, 11) is 0. The van der Waals surface area contributed by atoms with Gasteiger partial charge in [0.25, 0.3) is 0 Å². The van der Waals surface area contributed by atoms with Gasteiger partial charge in [-0.2, -0.15) is 0 Å². The van der Waals surface area contributed by atoms with E-state index in [0.29, 0.717) is 6.54 Å². The van der Waals surface area contributed by atoms with Gasteiger partial charge in [-0.15, -0.1) is 0 Å². The molecule has 0 N–H and O–H groups in total. The van der Waals surface area contributed by atoms with Crippen LogP contribution >= 0.6 is 0 Å². The van der Waals surface area contributed by atoms with Crippen molar-refractivity contribution < 1.29 is 0 Å². The van der Waals surface area contributed by atoms with Gasteiger partial charge in [-0.25, -0.2) is 0 Å². The Bertz CT molecular complexity index is 190. The largest absolute Gasteiger partial charge is 0.303 e. The third-order valence-electron chi connectivity index (χ3n) is 3.08. The van der Waals surface area contributed by atoms with E-state index in [2.05, 4.69) is 21.8 Å². The summed E-state index contributed by atoms with van der Waals surface area (Å²) in [5.74, 6) is 0.948. The molecule has 0 aromatic heterocycles. The van der Waals surface area contributed by atoms with Gasteiger partial charge in [0.2, 0.25) is 0 Å². The highest BCUT2D eigenvalue weighted by Crippen LogP contribution is 2.19. The van der Waals surface area contributed by atoms with Gasteiger partial charge in [0, 0.05) is 11.5 Å². The average molecular weight is 196 g/mol. The lowest BCUT2D eigenvalue weighted by atomic mass is 9.94. The number of hydrogen-bond donors (Lipinski definition) is 0. The molecule has 0 spiro atoms. The summed E-state index contributed by atoms with van der Waals surface area (Å²) in [5.41, 5.74) is 8.11. The van der Waals surface area contributed by atoms with E-state index >= 15 is 0 Å². The first-order valence-corrected chi connectivity index (χ1v) is 5.60. The minimum Gasteiger partial charge on any atom is -0.303 e. The molecule has 80 valence electrons. The minimum atomic E-state index is 0.643. The van der Waals surface area contributed by atoms with E-state index < -0.39 is 0 Å². The van der Waals surface area contributed by atoms with Crippen LogP contribution in [-0.2, 0) is 0 Å². The maximum Gasteiger partial charge on any atom is 0.0270 e. The van der Waals surface area contributed by atoms with Crippen LogP contribution in [-0.4, -0.2) is 31.1 Å². The smallest absolute Gasteiger partial charge is 0.0270 e. The fourth-order valence-electron chi connectivity index (χ4n) is 2.03. The summed E-state index contributed by atoms with van der Waals surface area (Å²) < 4.78 is 0. The van der Waals surface area contributed by atoms with Crippen molar-refractivity contribution in [2.45, 2.75) is 32.6 Å². The van der Waals surface area contributed by atoms with E-state index in [9.17, 15) is 0 Å². The zero-order valence-corrected chi connectivity index (χ0v) is 9.02. The van der Waals surface area contributed by atoms with Crippen molar-refractivity contribution in [3.05, 3.63) is 10.4 Å². The second-order valence-corrected chi connectivity index (χ2v) is 4.00. The summed E-state index contributed by atoms with van der Waals surface area (Å²) >= 11 is 0. The molecular weight excluding hydrogens is 176 g/mol. The maximum atomic E-state index is 8.11. The van der Waals surface area contributed by atoms with Crippen molar-refractivity contribution in [1.82, 2.24) is 4.90 Å². The highest BCUT2D eigenvalue weighted by molar-refractivity contribution is 4.71. The molecule has 1 fully saturated rings. The van der Waals surface area contributed by atoms with Gasteiger partial charge in [0.1, 0.15) is 0 Å². The van der Waals surface area contributed by atoms with E-state index in [-0.39, 0.29) is 0 Å². The molecule has 14 heavy (non-hydrogen) atoms. The summed E-state index contributed by atoms with van der Waals surface area (Å²) in [6, 6.07) is 0. The van der Waals surface area contributed by atoms with Gasteiger partial charge in [0.15, 0.2) is 0 Å². The highest BCUT2D eigenvalue weighted by Gasteiger charge is 2.16. The fraction of sp³-hybridized carbons (Fsp3) is 1.00. The lowest BCUT2D eigenvalue weighted by Crippen LogP contribution is -2.34. The number of likely N-dealkylation sites (tertiary alicyclic amines) is 1. The van der Waals surface area contributed by atoms with Gasteiger partial charge in [-0.05, 0) is 50.3 Å². The summed E-state index contributed by atoms with van der Waals surface area (Å²) in [5, 5.41) is 3.54. The molecule has 4 nitrogen and oxygen atoms in total. The van der Waals surface area contributed by atoms with E-state index in [1.165, 1.54) is 32.4 Å². The first kappa shape index (κ1) is 11.3. The Labute approximate surface area is 85.9 Å². The zero-order valence-electron chi connectivity index (χ0n) is 9.02. The van der Waals surface area contributed by atoms with E-state index in [1.807, 2.05) is 0 Å². The molecule has 0 bridgehead atoms. The topological polar surface area (TPSA) is 52.0 Å². The number of azide groups is 1. The third kappa shape index (κ3) is 3.99. The Hall–Kier alpha value is -0.730. The standard InChI is InChI=1S/C10H20N4/c1-2-10-4-8-14(9-5-10)7-3-6-12-13-11/h10H,2-9H2,1H3. The van der Waals surface area contributed by atoms with Gasteiger partial charge in [-0.3, -0.25) is 0 Å². The highest BCUT2D eigenvalue weighted by atomic mass is 15.1. The zero-order chi connectivity index (χ0) is 10.2. The molecule has 0 saturated carbocycles. The molecule has 0 aliphatic carbocycles. The molecule has 0 aromatic rings. The molecule has 1 rings (SSSR count). The summed E-state index contributed by atoms with van der Waals surface area (Å²) in [4.78, 5) is 5.24. The van der Waals surface area contributed by atoms with Crippen LogP contribution < -0.4 is 0 Å². The second kappa shape index (κ2) is 6.68. The third-order valence-corrected chi connectivity index (χ3v) is 3.08. The van der Waals surface area contributed by atoms with Gasteiger partial charge in [0.05, 0.1) is 0 Å². The Morgan fingerprint density at radius 1 is 1.43 bits per heavy atom. The van der Waals surface area contributed by atoms with Crippen molar-refractivity contribution in [3.63, 3.8) is 0 Å². The Morgan fingerprint density at radius 3 is 2.71 bits per heavy atom. The normalized spacial score (nSPS) is 19.2. The maximum absolute atomic E-state index is 8.11. The minimum absolute atomic E-state index is 0.643. The van der Waals surface area contributed by atoms with Gasteiger partial charge < -0.3 is 4.90 Å². The van der Waals surface area contributed by atoms with Crippen LogP contribution in [0.15, 0.2) is 5.11 Å². The number of rotatable bonds is 5. The Morgan fingerprint density at radius 2 is 2.14 bits per heavy atom. The fourth-order valence-corrected chi connectivity index (χ4v) is 2.03. The molecule has 4 heteroatoms. The van der Waals surface area contributed by atoms with Crippen LogP contribution in [0.2, 0.25) is 0 Å². The first-order chi connectivity index (χ1) is 6.86. The van der Waals surface area contributed by atoms with Crippen molar-refractivity contribution in [2.24, 2.45) is 11.0 Å². The van der Waals surface area contributed by atoms with E-state index in [0.717, 1.165) is 18.9 Å². The number of piperidine rings is 1. The molecule has 1 aliphatic rings. The van der Waals surface area contributed by atoms with Crippen molar-refractivity contribution in [3.8, 4) is 0 Å². The molecular formula is C10H20N4. The molecule has 0 unspecified atom stereocenters. The van der Waals surface area contributed by atoms with Crippen LogP contribution in [0.5, 0.6) is 0 Å². The molecule has 1 aliphatic heterocycles. The Kier molecular flexibility index (Phi) is 5.42. The van der Waals surface area contributed by atoms with Crippen LogP contribution in [0.3, 0.4) is 0 Å². The predicted molar refractivity (Wildman–Crippen MR) is 58.1 cm³/mol. The number of nitrogens with zero attached hydrogens (tertiary/aromatic N) is 4. The van der Waals surface area contributed by atoms with Crippen LogP contribution in [0.4, 0.5) is 0 Å². The van der Waals surface area contributed by atoms with Crippen LogP contribution in [0.25, 0.3) is 10.4 Å². The lowest BCUT2D eigenvalue weighted by Gasteiger charge is -2.31. The SMILES string of the molecule is CCC1CCN(CCCN=[N+]=[N-])CC1. The first-order valence-electron chi connectivity index (χ1n) is 5.60. The molecule has 1 saturated heterocycles. The van der Waals surface area contributed by atoms with Crippen molar-refractivity contribution in [1.29, 1.82) is 0 Å². The summed E-state index contributed by atoms with van der Waals surface area (Å²) in [6.45, 7) is 6.48. The molecule has 0 atom stereocenters. The quantitative estimate of drug-likeness (QED) is 0.289. The van der Waals surface area contributed by atoms with Gasteiger partial charge >= 0.3 is 0 Å². The van der Waals surface area contributed by atoms with E-state index in [1.54, 1.807) is 0 Å². The lowest BCUT2D eigenvalue weighted by molar-refractivity contribution is 0.181. The van der Waals surface area contributed by atoms with Crippen molar-refractivity contribution >= 4 is 0 Å². The molecule has 0 radical (unpaired) electrons. The molecule has 0 aromatic carbocycles. The predicted octanol–water partition coefficient (Wildman–Crippen LogP) is 2.81. The van der Waals surface area contributed by atoms with Gasteiger partial charge in [-0.1, -0.05) is 18.5 Å². The Balaban J connectivity index is 2.06. The van der Waals surface area contributed by atoms with Crippen LogP contribution in [0.1, 0.15) is 32.6 Å². The second-order valence-electron chi connectivity index (χ2n) is 4.00. The van der Waals surface area contributed by atoms with Crippen LogP contribution in [0, 0.1) is 5.92 Å². The van der Waals surface area contributed by atoms with Crippen molar-refractivity contribution in [2.75, 3.05) is 26.2 Å². The monoisotopic (exact) mass is 196 g/mol. The average Bonchev–Trinajstić information content (AvgIpc) is 2.25. The summed E-state index contributed by atoms with van der Waals surface area (Å²) in [6.07, 6.45) is 5.02. The molecule has 1 heterocycles. The number of hydrogen-bond acceptors (Lipinski definition) is 2.